The number of carbonyl (C=O) groups is 1. The van der Waals surface area contributed by atoms with E-state index in [2.05, 4.69) is 61.0 Å². The van der Waals surface area contributed by atoms with E-state index in [0.717, 1.165) is 24.2 Å². The molecule has 1 heterocycles. The molecule has 0 fully saturated rings. The van der Waals surface area contributed by atoms with E-state index in [1.54, 1.807) is 0 Å². The van der Waals surface area contributed by atoms with Gasteiger partial charge in [-0.05, 0) is 64.3 Å². The Hall–Kier alpha value is -3.18. The molecule has 0 spiro atoms. The molecule has 4 nitrogen and oxygen atoms in total. The number of ether oxygens (including phenoxy) is 1. The van der Waals surface area contributed by atoms with Gasteiger partial charge in [-0.1, -0.05) is 68.4 Å². The highest BCUT2D eigenvalue weighted by Crippen LogP contribution is 2.40. The standard InChI is InChI=1S/C27H25NO3S/c1-17(2)18-6-8-19(9-7-18)22-4-3-5-24-23(22)14-15-25(24)31-21-12-10-20(11-13-21)26-16-27(29)28-32(26)30/h3-13,16-17,25H,14-15H2,1-2H3,(H,28,29)/t25-,32?/m1/s1. The average Bonchev–Trinajstić information content (AvgIpc) is 3.36. The van der Waals surface area contributed by atoms with Crippen LogP contribution in [0.3, 0.4) is 0 Å². The van der Waals surface area contributed by atoms with Crippen molar-refractivity contribution in [3.8, 4) is 16.9 Å². The smallest absolute Gasteiger partial charge is 0.257 e. The Kier molecular flexibility index (Phi) is 5.43. The first-order valence-corrected chi connectivity index (χ1v) is 12.1. The third-order valence-corrected chi connectivity index (χ3v) is 7.32. The summed E-state index contributed by atoms with van der Waals surface area (Å²) in [5.41, 5.74) is 7.25. The van der Waals surface area contributed by atoms with E-state index in [1.165, 1.54) is 33.9 Å². The molecule has 0 saturated heterocycles. The average molecular weight is 444 g/mol. The van der Waals surface area contributed by atoms with Crippen LogP contribution in [-0.4, -0.2) is 10.1 Å². The monoisotopic (exact) mass is 443 g/mol. The number of amides is 1. The van der Waals surface area contributed by atoms with Gasteiger partial charge in [0.05, 0.1) is 4.91 Å². The zero-order valence-corrected chi connectivity index (χ0v) is 18.9. The van der Waals surface area contributed by atoms with Gasteiger partial charge in [-0.2, -0.15) is 0 Å². The van der Waals surface area contributed by atoms with Crippen molar-refractivity contribution in [2.24, 2.45) is 0 Å². The lowest BCUT2D eigenvalue weighted by atomic mass is 9.94. The van der Waals surface area contributed by atoms with Crippen molar-refractivity contribution in [2.75, 3.05) is 0 Å². The molecule has 5 rings (SSSR count). The van der Waals surface area contributed by atoms with Gasteiger partial charge in [-0.25, -0.2) is 4.21 Å². The fourth-order valence-electron chi connectivity index (χ4n) is 4.46. The van der Waals surface area contributed by atoms with Crippen LogP contribution in [0.15, 0.2) is 72.8 Å². The summed E-state index contributed by atoms with van der Waals surface area (Å²) in [6.45, 7) is 4.43. The molecule has 3 aromatic rings. The van der Waals surface area contributed by atoms with E-state index >= 15 is 0 Å². The largest absolute Gasteiger partial charge is 0.486 e. The number of fused-ring (bicyclic) bond motifs is 1. The quantitative estimate of drug-likeness (QED) is 0.552. The molecule has 2 atom stereocenters. The molecular weight excluding hydrogens is 418 g/mol. The van der Waals surface area contributed by atoms with Gasteiger partial charge in [-0.15, -0.1) is 0 Å². The maximum Gasteiger partial charge on any atom is 0.257 e. The van der Waals surface area contributed by atoms with E-state index in [9.17, 15) is 9.00 Å². The van der Waals surface area contributed by atoms with Crippen molar-refractivity contribution in [1.29, 1.82) is 0 Å². The van der Waals surface area contributed by atoms with Crippen LogP contribution in [0.5, 0.6) is 5.75 Å². The van der Waals surface area contributed by atoms with Gasteiger partial charge < -0.3 is 4.74 Å². The molecule has 3 aromatic carbocycles. The van der Waals surface area contributed by atoms with Crippen molar-refractivity contribution in [2.45, 2.75) is 38.7 Å². The van der Waals surface area contributed by atoms with E-state index in [4.69, 9.17) is 4.74 Å². The molecule has 1 aliphatic heterocycles. The number of hydrogen-bond acceptors (Lipinski definition) is 3. The van der Waals surface area contributed by atoms with Gasteiger partial charge in [0, 0.05) is 6.08 Å². The molecule has 2 aliphatic rings. The second-order valence-corrected chi connectivity index (χ2v) is 9.74. The molecule has 1 N–H and O–H groups in total. The summed E-state index contributed by atoms with van der Waals surface area (Å²) in [4.78, 5) is 11.9. The van der Waals surface area contributed by atoms with E-state index < -0.39 is 11.0 Å². The van der Waals surface area contributed by atoms with Crippen LogP contribution in [0.25, 0.3) is 16.0 Å². The van der Waals surface area contributed by atoms with Crippen LogP contribution in [0.2, 0.25) is 0 Å². The van der Waals surface area contributed by atoms with E-state index in [1.807, 2.05) is 24.3 Å². The lowest BCUT2D eigenvalue weighted by molar-refractivity contribution is -0.114. The van der Waals surface area contributed by atoms with Crippen molar-refractivity contribution in [3.05, 3.63) is 95.1 Å². The molecule has 0 bridgehead atoms. The summed E-state index contributed by atoms with van der Waals surface area (Å²) >= 11 is 0. The third kappa shape index (κ3) is 3.89. The minimum atomic E-state index is -1.49. The van der Waals surface area contributed by atoms with Crippen LogP contribution >= 0.6 is 0 Å². The Morgan fingerprint density at radius 2 is 1.69 bits per heavy atom. The Morgan fingerprint density at radius 1 is 0.969 bits per heavy atom. The number of rotatable bonds is 5. The van der Waals surface area contributed by atoms with Gasteiger partial charge in [0.15, 0.2) is 11.0 Å². The van der Waals surface area contributed by atoms with Crippen LogP contribution in [0.4, 0.5) is 0 Å². The molecule has 162 valence electrons. The van der Waals surface area contributed by atoms with Gasteiger partial charge in [0.1, 0.15) is 11.9 Å². The van der Waals surface area contributed by atoms with Gasteiger partial charge in [0.25, 0.3) is 5.91 Å². The summed E-state index contributed by atoms with van der Waals surface area (Å²) in [7, 11) is -1.49. The Morgan fingerprint density at radius 3 is 2.34 bits per heavy atom. The van der Waals surface area contributed by atoms with Gasteiger partial charge in [-0.3, -0.25) is 9.52 Å². The summed E-state index contributed by atoms with van der Waals surface area (Å²) in [6, 6.07) is 22.8. The first-order chi connectivity index (χ1) is 15.5. The highest BCUT2D eigenvalue weighted by molar-refractivity contribution is 7.93. The van der Waals surface area contributed by atoms with Crippen LogP contribution in [-0.2, 0) is 22.2 Å². The highest BCUT2D eigenvalue weighted by Gasteiger charge is 2.27. The topological polar surface area (TPSA) is 55.4 Å². The molecular formula is C27H25NO3S. The lowest BCUT2D eigenvalue weighted by Crippen LogP contribution is -2.16. The van der Waals surface area contributed by atoms with Gasteiger partial charge >= 0.3 is 0 Å². The Balaban J connectivity index is 1.36. The first-order valence-electron chi connectivity index (χ1n) is 10.9. The molecule has 32 heavy (non-hydrogen) atoms. The van der Waals surface area contributed by atoms with Crippen LogP contribution in [0, 0.1) is 0 Å². The number of nitrogens with one attached hydrogen (secondary N) is 1. The fraction of sp³-hybridized carbons (Fsp3) is 0.222. The van der Waals surface area contributed by atoms with Crippen molar-refractivity contribution in [3.63, 3.8) is 0 Å². The van der Waals surface area contributed by atoms with Crippen LogP contribution < -0.4 is 9.46 Å². The molecule has 5 heteroatoms. The molecule has 1 amide bonds. The predicted molar refractivity (Wildman–Crippen MR) is 128 cm³/mol. The zero-order valence-electron chi connectivity index (χ0n) is 18.1. The van der Waals surface area contributed by atoms with Crippen LogP contribution in [0.1, 0.15) is 54.5 Å². The maximum absolute atomic E-state index is 12.0. The second-order valence-electron chi connectivity index (χ2n) is 8.56. The first kappa shape index (κ1) is 20.7. The molecule has 0 radical (unpaired) electrons. The summed E-state index contributed by atoms with van der Waals surface area (Å²) in [6.07, 6.45) is 3.31. The SMILES string of the molecule is CC(C)c1ccc(-c2cccc3c2CC[C@H]3Oc2ccc(C3=CC(=O)NS3=O)cc2)cc1. The minimum absolute atomic E-state index is 0.00816. The summed E-state index contributed by atoms with van der Waals surface area (Å²) in [5.74, 6) is 0.967. The highest BCUT2D eigenvalue weighted by atomic mass is 32.2. The zero-order chi connectivity index (χ0) is 22.2. The molecule has 0 saturated carbocycles. The lowest BCUT2D eigenvalue weighted by Gasteiger charge is -2.16. The molecule has 1 unspecified atom stereocenters. The van der Waals surface area contributed by atoms with Crippen molar-refractivity contribution in [1.82, 2.24) is 4.72 Å². The predicted octanol–water partition coefficient (Wildman–Crippen LogP) is 5.68. The fourth-order valence-corrected chi connectivity index (χ4v) is 5.37. The number of hydrogen-bond donors (Lipinski definition) is 1. The van der Waals surface area contributed by atoms with Crippen molar-refractivity contribution >= 4 is 21.8 Å². The summed E-state index contributed by atoms with van der Waals surface area (Å²) < 4.78 is 20.7. The van der Waals surface area contributed by atoms with Gasteiger partial charge in [0.2, 0.25) is 0 Å². The molecule has 1 aliphatic carbocycles. The van der Waals surface area contributed by atoms with E-state index in [-0.39, 0.29) is 12.0 Å². The van der Waals surface area contributed by atoms with E-state index in [0.29, 0.717) is 10.8 Å². The molecule has 0 aromatic heterocycles. The maximum atomic E-state index is 12.0. The Bertz CT molecular complexity index is 1230. The normalized spacial score (nSPS) is 19.6. The minimum Gasteiger partial charge on any atom is -0.486 e. The number of benzene rings is 3. The third-order valence-electron chi connectivity index (χ3n) is 6.18. The second kappa shape index (κ2) is 8.40. The Labute approximate surface area is 190 Å². The number of carbonyl (C=O) groups excluding carboxylic acids is 1. The van der Waals surface area contributed by atoms with Crippen molar-refractivity contribution < 1.29 is 13.7 Å². The summed E-state index contributed by atoms with van der Waals surface area (Å²) in [5, 5.41) is 0.